The summed E-state index contributed by atoms with van der Waals surface area (Å²) in [7, 11) is 0. The fraction of sp³-hybridized carbons (Fsp3) is 0.800. The van der Waals surface area contributed by atoms with Crippen molar-refractivity contribution in [1.82, 2.24) is 0 Å². The molecular weight excluding hydrogens is 200 g/mol. The van der Waals surface area contributed by atoms with Gasteiger partial charge in [-0.1, -0.05) is 0 Å². The smallest absolute Gasteiger partial charge is 0.303 e. The summed E-state index contributed by atoms with van der Waals surface area (Å²) in [6.45, 7) is 0.500. The largest absolute Gasteiger partial charge is 0.481 e. The number of carbonyl (C=O) groups excluding carboxylic acids is 1. The second kappa shape index (κ2) is 15.5. The van der Waals surface area contributed by atoms with Crippen LogP contribution in [0.15, 0.2) is 0 Å². The first kappa shape index (κ1) is 16.5. The number of carboxylic acid groups (broad SMARTS) is 1. The maximum Gasteiger partial charge on any atom is 0.303 e. The average Bonchev–Trinajstić information content (AvgIpc) is 2.20. The van der Waals surface area contributed by atoms with Crippen molar-refractivity contribution in [1.29, 1.82) is 0 Å². The van der Waals surface area contributed by atoms with E-state index in [1.165, 1.54) is 0 Å². The molecule has 0 aromatic heterocycles. The highest BCUT2D eigenvalue weighted by Gasteiger charge is 1.93. The molecular formula is C10H20O5. The predicted molar refractivity (Wildman–Crippen MR) is 55.6 cm³/mol. The van der Waals surface area contributed by atoms with Crippen molar-refractivity contribution in [3.8, 4) is 0 Å². The number of hydrogen-bond donors (Lipinski definition) is 3. The van der Waals surface area contributed by atoms with E-state index in [0.29, 0.717) is 12.8 Å². The second-order valence-corrected chi connectivity index (χ2v) is 2.96. The van der Waals surface area contributed by atoms with Crippen LogP contribution in [0.3, 0.4) is 0 Å². The van der Waals surface area contributed by atoms with Crippen molar-refractivity contribution in [2.24, 2.45) is 0 Å². The van der Waals surface area contributed by atoms with E-state index in [2.05, 4.69) is 0 Å². The topological polar surface area (TPSA) is 94.8 Å². The van der Waals surface area contributed by atoms with Crippen molar-refractivity contribution in [3.63, 3.8) is 0 Å². The molecule has 0 radical (unpaired) electrons. The average molecular weight is 220 g/mol. The molecule has 0 aromatic rings. The summed E-state index contributed by atoms with van der Waals surface area (Å²) in [5.41, 5.74) is 0. The van der Waals surface area contributed by atoms with E-state index in [1.54, 1.807) is 0 Å². The molecule has 0 aliphatic rings. The predicted octanol–water partition coefficient (Wildman–Crippen LogP) is 0.581. The van der Waals surface area contributed by atoms with E-state index in [4.69, 9.17) is 15.3 Å². The Morgan fingerprint density at radius 3 is 1.87 bits per heavy atom. The van der Waals surface area contributed by atoms with Gasteiger partial charge in [0, 0.05) is 26.1 Å². The van der Waals surface area contributed by atoms with E-state index in [-0.39, 0.29) is 19.6 Å². The number of carboxylic acids is 1. The SMILES string of the molecule is O=CCCCC(=O)O.OCCCCCO. The molecule has 0 aliphatic heterocycles. The number of aliphatic hydroxyl groups is 2. The van der Waals surface area contributed by atoms with Crippen molar-refractivity contribution >= 4 is 12.3 Å². The number of aldehydes is 1. The molecule has 0 amide bonds. The summed E-state index contributed by atoms with van der Waals surface area (Å²) in [5, 5.41) is 24.4. The Morgan fingerprint density at radius 1 is 1.00 bits per heavy atom. The summed E-state index contributed by atoms with van der Waals surface area (Å²) in [5.74, 6) is -0.841. The first-order valence-corrected chi connectivity index (χ1v) is 5.06. The third kappa shape index (κ3) is 24.6. The lowest BCUT2D eigenvalue weighted by molar-refractivity contribution is -0.137. The van der Waals surface area contributed by atoms with E-state index < -0.39 is 5.97 Å². The number of aliphatic hydroxyl groups excluding tert-OH is 2. The maximum absolute atomic E-state index is 9.76. The molecule has 3 N–H and O–H groups in total. The highest BCUT2D eigenvalue weighted by atomic mass is 16.4. The van der Waals surface area contributed by atoms with Crippen molar-refractivity contribution < 1.29 is 24.9 Å². The molecule has 0 aromatic carbocycles. The zero-order chi connectivity index (χ0) is 11.9. The minimum Gasteiger partial charge on any atom is -0.481 e. The molecule has 0 rings (SSSR count). The lowest BCUT2D eigenvalue weighted by Gasteiger charge is -1.90. The van der Waals surface area contributed by atoms with Gasteiger partial charge in [-0.05, 0) is 25.7 Å². The summed E-state index contributed by atoms with van der Waals surface area (Å²) in [4.78, 5) is 19.4. The number of carbonyl (C=O) groups is 2. The zero-order valence-corrected chi connectivity index (χ0v) is 8.89. The molecule has 0 aliphatic carbocycles. The monoisotopic (exact) mass is 220 g/mol. The Bertz CT molecular complexity index is 143. The van der Waals surface area contributed by atoms with E-state index in [0.717, 1.165) is 25.5 Å². The van der Waals surface area contributed by atoms with Crippen LogP contribution in [0.25, 0.3) is 0 Å². The van der Waals surface area contributed by atoms with Crippen molar-refractivity contribution in [3.05, 3.63) is 0 Å². The molecule has 0 spiro atoms. The summed E-state index contributed by atoms with van der Waals surface area (Å²) in [6.07, 6.45) is 4.21. The first-order chi connectivity index (χ1) is 7.18. The fourth-order valence-electron chi connectivity index (χ4n) is 0.737. The van der Waals surface area contributed by atoms with Crippen molar-refractivity contribution in [2.75, 3.05) is 13.2 Å². The van der Waals surface area contributed by atoms with Crippen molar-refractivity contribution in [2.45, 2.75) is 38.5 Å². The Balaban J connectivity index is 0. The maximum atomic E-state index is 9.76. The highest BCUT2D eigenvalue weighted by Crippen LogP contribution is 1.90. The molecule has 90 valence electrons. The minimum absolute atomic E-state index is 0.0960. The molecule has 0 bridgehead atoms. The van der Waals surface area contributed by atoms with E-state index in [1.807, 2.05) is 0 Å². The zero-order valence-electron chi connectivity index (χ0n) is 8.89. The van der Waals surface area contributed by atoms with E-state index in [9.17, 15) is 9.59 Å². The van der Waals surface area contributed by atoms with Gasteiger partial charge in [-0.15, -0.1) is 0 Å². The molecule has 5 heteroatoms. The minimum atomic E-state index is -0.841. The Hall–Kier alpha value is -0.940. The Labute approximate surface area is 89.7 Å². The highest BCUT2D eigenvalue weighted by molar-refractivity contribution is 5.67. The summed E-state index contributed by atoms with van der Waals surface area (Å²) >= 11 is 0. The molecule has 15 heavy (non-hydrogen) atoms. The lowest BCUT2D eigenvalue weighted by Crippen LogP contribution is -1.93. The summed E-state index contributed by atoms with van der Waals surface area (Å²) < 4.78 is 0. The third-order valence-electron chi connectivity index (χ3n) is 1.53. The first-order valence-electron chi connectivity index (χ1n) is 5.06. The van der Waals surface area contributed by atoms with Gasteiger partial charge in [-0.2, -0.15) is 0 Å². The number of unbranched alkanes of at least 4 members (excludes halogenated alkanes) is 3. The molecule has 5 nitrogen and oxygen atoms in total. The van der Waals surface area contributed by atoms with E-state index >= 15 is 0 Å². The second-order valence-electron chi connectivity index (χ2n) is 2.96. The normalized spacial score (nSPS) is 8.93. The fourth-order valence-corrected chi connectivity index (χ4v) is 0.737. The summed E-state index contributed by atoms with van der Waals surface area (Å²) in [6, 6.07) is 0. The molecule has 0 atom stereocenters. The van der Waals surface area contributed by atoms with Crippen LogP contribution in [-0.4, -0.2) is 40.8 Å². The van der Waals surface area contributed by atoms with Gasteiger partial charge in [0.15, 0.2) is 0 Å². The van der Waals surface area contributed by atoms with Crippen LogP contribution < -0.4 is 0 Å². The van der Waals surface area contributed by atoms with Crippen LogP contribution in [0.1, 0.15) is 38.5 Å². The quantitative estimate of drug-likeness (QED) is 0.411. The van der Waals surface area contributed by atoms with Crippen LogP contribution >= 0.6 is 0 Å². The third-order valence-corrected chi connectivity index (χ3v) is 1.53. The number of hydrogen-bond acceptors (Lipinski definition) is 4. The van der Waals surface area contributed by atoms with Gasteiger partial charge in [0.25, 0.3) is 0 Å². The number of aliphatic carboxylic acids is 1. The molecule has 0 saturated carbocycles. The van der Waals surface area contributed by atoms with Gasteiger partial charge >= 0.3 is 5.97 Å². The number of rotatable bonds is 8. The van der Waals surface area contributed by atoms with Gasteiger partial charge in [0.2, 0.25) is 0 Å². The van der Waals surface area contributed by atoms with Crippen LogP contribution in [0.5, 0.6) is 0 Å². The molecule has 0 fully saturated rings. The van der Waals surface area contributed by atoms with Crippen LogP contribution in [0, 0.1) is 0 Å². The Kier molecular flexibility index (Phi) is 17.1. The van der Waals surface area contributed by atoms with Crippen LogP contribution in [0.4, 0.5) is 0 Å². The van der Waals surface area contributed by atoms with Gasteiger partial charge in [-0.25, -0.2) is 0 Å². The van der Waals surface area contributed by atoms with Gasteiger partial charge in [-0.3, -0.25) is 4.79 Å². The molecule has 0 saturated heterocycles. The molecule has 0 heterocycles. The van der Waals surface area contributed by atoms with Gasteiger partial charge in [0.1, 0.15) is 6.29 Å². The van der Waals surface area contributed by atoms with Crippen LogP contribution in [0.2, 0.25) is 0 Å². The standard InChI is InChI=1S/C5H8O3.C5H12O2/c6-4-2-1-3-5(7)8;6-4-2-1-3-5-7/h4H,1-3H2,(H,7,8);6-7H,1-5H2. The lowest BCUT2D eigenvalue weighted by atomic mass is 10.2. The van der Waals surface area contributed by atoms with Gasteiger partial charge < -0.3 is 20.1 Å². The Morgan fingerprint density at radius 2 is 1.53 bits per heavy atom. The molecule has 0 unspecified atom stereocenters. The van der Waals surface area contributed by atoms with Gasteiger partial charge in [0.05, 0.1) is 0 Å². The van der Waals surface area contributed by atoms with Crippen LogP contribution in [-0.2, 0) is 9.59 Å².